The van der Waals surface area contributed by atoms with Crippen molar-refractivity contribution >= 4 is 47.0 Å². The average Bonchev–Trinajstić information content (AvgIpc) is 2.56. The maximum atomic E-state index is 12.6. The summed E-state index contributed by atoms with van der Waals surface area (Å²) < 4.78 is 0. The van der Waals surface area contributed by atoms with Gasteiger partial charge in [0.2, 0.25) is 5.91 Å². The summed E-state index contributed by atoms with van der Waals surface area (Å²) in [5.74, 6) is -0.0393. The van der Waals surface area contributed by atoms with Gasteiger partial charge < -0.3 is 16.0 Å². The molecule has 128 valence electrons. The van der Waals surface area contributed by atoms with Crippen LogP contribution >= 0.6 is 24.0 Å². The lowest BCUT2D eigenvalue weighted by atomic mass is 9.98. The molecule has 0 saturated heterocycles. The zero-order valence-corrected chi connectivity index (χ0v) is 15.0. The van der Waals surface area contributed by atoms with Crippen molar-refractivity contribution in [1.29, 1.82) is 0 Å². The molecule has 3 N–H and O–H groups in total. The number of rotatable bonds is 3. The second kappa shape index (κ2) is 7.77. The van der Waals surface area contributed by atoms with Crippen LogP contribution in [-0.2, 0) is 11.2 Å². The predicted octanol–water partition coefficient (Wildman–Crippen LogP) is 4.12. The number of nitrogens with two attached hydrogens (primary N) is 1. The Bertz CT molecular complexity index is 719. The van der Waals surface area contributed by atoms with Gasteiger partial charge in [0.05, 0.1) is 0 Å². The quantitative estimate of drug-likeness (QED) is 0.804. The number of amides is 1. The third kappa shape index (κ3) is 3.77. The van der Waals surface area contributed by atoms with E-state index in [0.29, 0.717) is 5.02 Å². The van der Waals surface area contributed by atoms with Crippen molar-refractivity contribution < 1.29 is 4.79 Å². The highest BCUT2D eigenvalue weighted by molar-refractivity contribution is 6.30. The van der Waals surface area contributed by atoms with E-state index in [2.05, 4.69) is 10.2 Å². The van der Waals surface area contributed by atoms with E-state index in [4.69, 9.17) is 17.3 Å². The highest BCUT2D eigenvalue weighted by Gasteiger charge is 2.26. The molecule has 1 amide bonds. The standard InChI is InChI=1S/C18H20ClN3O.ClH/c1-12(18(23)21-14-9-7-13(19)8-10-14)22-11-3-4-15-16(20)5-2-6-17(15)22;/h2,5-10,12H,3-4,11,20H2,1H3,(H,21,23);1H. The fourth-order valence-corrected chi connectivity index (χ4v) is 3.13. The molecule has 1 heterocycles. The second-order valence-corrected chi connectivity index (χ2v) is 6.25. The van der Waals surface area contributed by atoms with Crippen molar-refractivity contribution in [3.63, 3.8) is 0 Å². The van der Waals surface area contributed by atoms with Gasteiger partial charge in [0, 0.05) is 28.6 Å². The number of carbonyl (C=O) groups excluding carboxylic acids is 1. The molecule has 1 aliphatic heterocycles. The molecular weight excluding hydrogens is 345 g/mol. The van der Waals surface area contributed by atoms with Crippen LogP contribution in [0.4, 0.5) is 17.1 Å². The molecule has 6 heteroatoms. The van der Waals surface area contributed by atoms with Gasteiger partial charge in [-0.15, -0.1) is 12.4 Å². The fourth-order valence-electron chi connectivity index (χ4n) is 3.00. The molecule has 24 heavy (non-hydrogen) atoms. The number of anilines is 3. The molecule has 0 aliphatic carbocycles. The van der Waals surface area contributed by atoms with E-state index in [1.807, 2.05) is 25.1 Å². The van der Waals surface area contributed by atoms with Gasteiger partial charge in [0.1, 0.15) is 6.04 Å². The van der Waals surface area contributed by atoms with Crippen molar-refractivity contribution in [2.24, 2.45) is 0 Å². The smallest absolute Gasteiger partial charge is 0.246 e. The zero-order valence-electron chi connectivity index (χ0n) is 13.5. The van der Waals surface area contributed by atoms with Gasteiger partial charge in [0.15, 0.2) is 0 Å². The number of benzene rings is 2. The lowest BCUT2D eigenvalue weighted by molar-refractivity contribution is -0.117. The van der Waals surface area contributed by atoms with E-state index in [9.17, 15) is 4.79 Å². The van der Waals surface area contributed by atoms with E-state index in [1.165, 1.54) is 0 Å². The Morgan fingerprint density at radius 3 is 2.67 bits per heavy atom. The largest absolute Gasteiger partial charge is 0.398 e. The molecule has 1 unspecified atom stereocenters. The summed E-state index contributed by atoms with van der Waals surface area (Å²) in [6.07, 6.45) is 1.96. The first-order chi connectivity index (χ1) is 11.1. The average molecular weight is 366 g/mol. The molecule has 0 spiro atoms. The Balaban J connectivity index is 0.00000208. The Hall–Kier alpha value is -1.91. The lowest BCUT2D eigenvalue weighted by Gasteiger charge is -2.36. The minimum Gasteiger partial charge on any atom is -0.398 e. The number of nitrogens with one attached hydrogen (secondary N) is 1. The number of hydrogen-bond donors (Lipinski definition) is 2. The van der Waals surface area contributed by atoms with Gasteiger partial charge in [-0.3, -0.25) is 4.79 Å². The molecule has 0 fully saturated rings. The zero-order chi connectivity index (χ0) is 16.4. The maximum absolute atomic E-state index is 12.6. The molecule has 0 aromatic heterocycles. The Morgan fingerprint density at radius 2 is 1.96 bits per heavy atom. The van der Waals surface area contributed by atoms with Crippen LogP contribution < -0.4 is 16.0 Å². The van der Waals surface area contributed by atoms with Crippen molar-refractivity contribution in [1.82, 2.24) is 0 Å². The van der Waals surface area contributed by atoms with Gasteiger partial charge in [-0.05, 0) is 61.7 Å². The van der Waals surface area contributed by atoms with Crippen LogP contribution in [0.25, 0.3) is 0 Å². The summed E-state index contributed by atoms with van der Waals surface area (Å²) in [5.41, 5.74) is 9.84. The molecule has 4 nitrogen and oxygen atoms in total. The van der Waals surface area contributed by atoms with Crippen molar-refractivity contribution in [2.45, 2.75) is 25.8 Å². The number of carbonyl (C=O) groups is 1. The third-order valence-electron chi connectivity index (χ3n) is 4.28. The summed E-state index contributed by atoms with van der Waals surface area (Å²) in [7, 11) is 0. The molecule has 2 aromatic carbocycles. The van der Waals surface area contributed by atoms with Crippen LogP contribution in [0.1, 0.15) is 18.9 Å². The number of halogens is 2. The first kappa shape index (κ1) is 18.4. The topological polar surface area (TPSA) is 58.4 Å². The predicted molar refractivity (Wildman–Crippen MR) is 103 cm³/mol. The molecule has 3 rings (SSSR count). The van der Waals surface area contributed by atoms with E-state index in [1.54, 1.807) is 24.3 Å². The summed E-state index contributed by atoms with van der Waals surface area (Å²) >= 11 is 5.87. The Labute approximate surface area is 153 Å². The van der Waals surface area contributed by atoms with Crippen LogP contribution in [0.15, 0.2) is 42.5 Å². The van der Waals surface area contributed by atoms with Crippen molar-refractivity contribution in [3.05, 3.63) is 53.1 Å². The van der Waals surface area contributed by atoms with Gasteiger partial charge in [-0.2, -0.15) is 0 Å². The normalized spacial score (nSPS) is 14.3. The van der Waals surface area contributed by atoms with Crippen LogP contribution in [0.5, 0.6) is 0 Å². The van der Waals surface area contributed by atoms with Crippen molar-refractivity contribution in [2.75, 3.05) is 22.5 Å². The first-order valence-corrected chi connectivity index (χ1v) is 8.14. The van der Waals surface area contributed by atoms with E-state index in [0.717, 1.165) is 42.0 Å². The number of fused-ring (bicyclic) bond motifs is 1. The Kier molecular flexibility index (Phi) is 5.97. The highest BCUT2D eigenvalue weighted by atomic mass is 35.5. The van der Waals surface area contributed by atoms with Gasteiger partial charge in [0.25, 0.3) is 0 Å². The second-order valence-electron chi connectivity index (χ2n) is 5.81. The molecule has 2 aromatic rings. The van der Waals surface area contributed by atoms with E-state index < -0.39 is 0 Å². The van der Waals surface area contributed by atoms with E-state index in [-0.39, 0.29) is 24.4 Å². The third-order valence-corrected chi connectivity index (χ3v) is 4.53. The molecule has 0 radical (unpaired) electrons. The minimum absolute atomic E-state index is 0. The molecule has 1 aliphatic rings. The molecule has 0 saturated carbocycles. The van der Waals surface area contributed by atoms with E-state index >= 15 is 0 Å². The monoisotopic (exact) mass is 365 g/mol. The number of nitrogens with zero attached hydrogens (tertiary/aromatic N) is 1. The van der Waals surface area contributed by atoms with Gasteiger partial charge in [-0.1, -0.05) is 17.7 Å². The summed E-state index contributed by atoms with van der Waals surface area (Å²) in [6.45, 7) is 2.77. The molecule has 0 bridgehead atoms. The summed E-state index contributed by atoms with van der Waals surface area (Å²) in [5, 5.41) is 3.59. The molecular formula is C18H21Cl2N3O. The van der Waals surface area contributed by atoms with Crippen LogP contribution in [0.2, 0.25) is 5.02 Å². The summed E-state index contributed by atoms with van der Waals surface area (Å²) in [6, 6.07) is 12.8. The summed E-state index contributed by atoms with van der Waals surface area (Å²) in [4.78, 5) is 14.7. The first-order valence-electron chi connectivity index (χ1n) is 7.76. The maximum Gasteiger partial charge on any atom is 0.246 e. The lowest BCUT2D eigenvalue weighted by Crippen LogP contribution is -2.44. The minimum atomic E-state index is -0.272. The molecule has 1 atom stereocenters. The highest BCUT2D eigenvalue weighted by Crippen LogP contribution is 2.32. The van der Waals surface area contributed by atoms with Crippen molar-refractivity contribution in [3.8, 4) is 0 Å². The van der Waals surface area contributed by atoms with Crippen LogP contribution in [0, 0.1) is 0 Å². The SMILES string of the molecule is CC(C(=O)Nc1ccc(Cl)cc1)N1CCCc2c(N)cccc21.Cl. The number of hydrogen-bond acceptors (Lipinski definition) is 3. The number of nitrogen functional groups attached to an aromatic ring is 1. The van der Waals surface area contributed by atoms with Crippen LogP contribution in [0.3, 0.4) is 0 Å². The van der Waals surface area contributed by atoms with Gasteiger partial charge >= 0.3 is 0 Å². The Morgan fingerprint density at radius 1 is 1.25 bits per heavy atom. The fraction of sp³-hybridized carbons (Fsp3) is 0.278. The van der Waals surface area contributed by atoms with Gasteiger partial charge in [-0.25, -0.2) is 0 Å². The van der Waals surface area contributed by atoms with Crippen LogP contribution in [-0.4, -0.2) is 18.5 Å².